The van der Waals surface area contributed by atoms with E-state index in [1.807, 2.05) is 0 Å². The van der Waals surface area contributed by atoms with Gasteiger partial charge in [-0.25, -0.2) is 19.9 Å². The summed E-state index contributed by atoms with van der Waals surface area (Å²) in [6.45, 7) is 17.7. The SMILES string of the molecule is CCCCC(c1nc2ccccc2n1CCCC)c1nc2ccccc2n1CCCC.CCCCC(c1nc2ccccc2n1CCCC)c1nc2ccccc2n1CCCC.[Cl][Ni][Cl].[Cl][Ni][Cl]. The van der Waals surface area contributed by atoms with Crippen molar-refractivity contribution in [3.63, 3.8) is 0 Å². The van der Waals surface area contributed by atoms with E-state index in [9.17, 15) is 0 Å². The summed E-state index contributed by atoms with van der Waals surface area (Å²) in [6, 6.07) is 34.4. The number of para-hydroxylation sites is 8. The maximum absolute atomic E-state index is 5.20. The molecule has 4 aromatic heterocycles. The minimum absolute atomic E-state index is 0.216. The zero-order valence-corrected chi connectivity index (χ0v) is 45.8. The number of hydrogen-bond acceptors (Lipinski definition) is 4. The molecule has 0 aliphatic carbocycles. The Labute approximate surface area is 435 Å². The molecule has 8 aromatic rings. The van der Waals surface area contributed by atoms with E-state index in [0.717, 1.165) is 61.1 Å². The van der Waals surface area contributed by atoms with Gasteiger partial charge in [-0.15, -0.1) is 0 Å². The molecule has 0 atom stereocenters. The molecule has 0 aliphatic rings. The Kier molecular flexibility index (Phi) is 25.1. The van der Waals surface area contributed by atoms with Gasteiger partial charge in [0.05, 0.1) is 56.0 Å². The van der Waals surface area contributed by atoms with E-state index in [1.54, 1.807) is 0 Å². The number of imidazole rings is 4. The number of hydrogen-bond donors (Lipinski definition) is 0. The van der Waals surface area contributed by atoms with E-state index in [4.69, 9.17) is 60.7 Å². The van der Waals surface area contributed by atoms with Gasteiger partial charge in [0.15, 0.2) is 0 Å². The van der Waals surface area contributed by atoms with Gasteiger partial charge < -0.3 is 18.3 Å². The second kappa shape index (κ2) is 30.6. The molecule has 0 unspecified atom stereocenters. The van der Waals surface area contributed by atoms with Gasteiger partial charge in [-0.3, -0.25) is 0 Å². The summed E-state index contributed by atoms with van der Waals surface area (Å²) in [5, 5.41) is 0. The van der Waals surface area contributed by atoms with Crippen LogP contribution >= 0.6 is 40.8 Å². The number of aryl methyl sites for hydroxylation is 4. The number of benzene rings is 4. The summed E-state index contributed by atoms with van der Waals surface area (Å²) < 4.78 is 9.90. The van der Waals surface area contributed by atoms with Gasteiger partial charge in [0.2, 0.25) is 0 Å². The van der Waals surface area contributed by atoms with Crippen molar-refractivity contribution in [1.29, 1.82) is 0 Å². The molecule has 0 bridgehead atoms. The van der Waals surface area contributed by atoms with Crippen molar-refractivity contribution >= 4 is 84.9 Å². The predicted molar refractivity (Wildman–Crippen MR) is 285 cm³/mol. The van der Waals surface area contributed by atoms with Gasteiger partial charge in [0, 0.05) is 26.2 Å². The van der Waals surface area contributed by atoms with Crippen LogP contribution in [0.2, 0.25) is 0 Å². The molecule has 376 valence electrons. The number of unbranched alkanes of at least 4 members (excludes halogenated alkanes) is 6. The molecule has 68 heavy (non-hydrogen) atoms. The van der Waals surface area contributed by atoms with E-state index >= 15 is 0 Å². The van der Waals surface area contributed by atoms with Crippen molar-refractivity contribution < 1.29 is 25.3 Å². The summed E-state index contributed by atoms with van der Waals surface area (Å²) in [5.41, 5.74) is 9.43. The Balaban J connectivity index is 0.000000228. The second-order valence-electron chi connectivity index (χ2n) is 17.3. The summed E-state index contributed by atoms with van der Waals surface area (Å²) in [4.78, 5) is 20.8. The fraction of sp³-hybridized carbons (Fsp3) is 0.481. The molecule has 4 heterocycles. The zero-order chi connectivity index (χ0) is 48.7. The first-order valence-corrected chi connectivity index (χ1v) is 30.3. The number of aromatic nitrogens is 8. The fourth-order valence-electron chi connectivity index (χ4n) is 9.21. The third-order valence-corrected chi connectivity index (χ3v) is 12.6. The molecule has 0 aliphatic heterocycles. The Hall–Kier alpha value is -3.09. The van der Waals surface area contributed by atoms with Crippen molar-refractivity contribution in [2.24, 2.45) is 0 Å². The minimum atomic E-state index is 0.216. The molecule has 4 aromatic carbocycles. The van der Waals surface area contributed by atoms with Crippen LogP contribution in [-0.2, 0) is 51.5 Å². The molecule has 0 spiro atoms. The Morgan fingerprint density at radius 1 is 0.353 bits per heavy atom. The molecule has 0 saturated carbocycles. The molecule has 8 rings (SSSR count). The van der Waals surface area contributed by atoms with Gasteiger partial charge in [-0.2, -0.15) is 0 Å². The van der Waals surface area contributed by atoms with E-state index in [0.29, 0.717) is 25.3 Å². The van der Waals surface area contributed by atoms with Crippen molar-refractivity contribution in [1.82, 2.24) is 38.2 Å². The van der Waals surface area contributed by atoms with Gasteiger partial charge in [-0.05, 0) is 87.1 Å². The quantitative estimate of drug-likeness (QED) is 0.0634. The molecule has 0 saturated heterocycles. The third-order valence-electron chi connectivity index (χ3n) is 12.6. The molecular weight excluding hydrogens is 1020 g/mol. The number of nitrogens with zero attached hydrogens (tertiary/aromatic N) is 8. The van der Waals surface area contributed by atoms with Crippen molar-refractivity contribution in [3.8, 4) is 0 Å². The van der Waals surface area contributed by atoms with Crippen LogP contribution in [0.4, 0.5) is 0 Å². The van der Waals surface area contributed by atoms with Gasteiger partial charge in [0.1, 0.15) is 23.3 Å². The van der Waals surface area contributed by atoms with Gasteiger partial charge >= 0.3 is 66.1 Å². The molecule has 14 heteroatoms. The first-order chi connectivity index (χ1) is 33.4. The van der Waals surface area contributed by atoms with Crippen LogP contribution < -0.4 is 0 Å². The van der Waals surface area contributed by atoms with E-state index < -0.39 is 0 Å². The van der Waals surface area contributed by atoms with Crippen molar-refractivity contribution in [3.05, 3.63) is 120 Å². The van der Waals surface area contributed by atoms with Gasteiger partial charge in [0.25, 0.3) is 0 Å². The fourth-order valence-corrected chi connectivity index (χ4v) is 9.21. The van der Waals surface area contributed by atoms with Crippen LogP contribution in [0.25, 0.3) is 44.1 Å². The number of halogens is 4. The molecular formula is C54H72Cl4N8Ni2. The standard InChI is InChI=1S/2C27H36N4.4ClH.2Ni/c2*1-4-7-14-21(26-28-22-15-10-12-17-24(22)30(26)19-8-5-2)27-29-23-16-11-13-18-25(23)31(27)20-9-6-3;;;;;;/h2*10-13,15-18,21H,4-9,14,19-20H2,1-3H3;4*1H;;/q;;;;;;2*+2/p-4. The molecule has 0 N–H and O–H groups in total. The van der Waals surface area contributed by atoms with Gasteiger partial charge in [-0.1, -0.05) is 141 Å². The van der Waals surface area contributed by atoms with Crippen LogP contribution in [-0.4, -0.2) is 38.2 Å². The normalized spacial score (nSPS) is 11.5. The zero-order valence-electron chi connectivity index (χ0n) is 40.8. The van der Waals surface area contributed by atoms with Crippen LogP contribution in [0.3, 0.4) is 0 Å². The third kappa shape index (κ3) is 14.5. The van der Waals surface area contributed by atoms with Crippen LogP contribution in [0.1, 0.15) is 167 Å². The molecule has 0 radical (unpaired) electrons. The first-order valence-electron chi connectivity index (χ1n) is 24.8. The summed E-state index contributed by atoms with van der Waals surface area (Å²) >= 11 is 1.14. The monoisotopic (exact) mass is 1090 g/mol. The van der Waals surface area contributed by atoms with Crippen molar-refractivity contribution in [2.75, 3.05) is 0 Å². The molecule has 0 fully saturated rings. The Morgan fingerprint density at radius 3 is 0.765 bits per heavy atom. The topological polar surface area (TPSA) is 71.3 Å². The predicted octanol–water partition coefficient (Wildman–Crippen LogP) is 17.4. The van der Waals surface area contributed by atoms with E-state index in [2.05, 4.69) is 157 Å². The van der Waals surface area contributed by atoms with E-state index in [-0.39, 0.29) is 11.8 Å². The number of fused-ring (bicyclic) bond motifs is 4. The molecule has 8 nitrogen and oxygen atoms in total. The average Bonchev–Trinajstić information content (AvgIpc) is 4.13. The van der Waals surface area contributed by atoms with Crippen molar-refractivity contribution in [2.45, 2.75) is 169 Å². The first kappa shape index (κ1) is 55.8. The summed E-state index contributed by atoms with van der Waals surface area (Å²) in [6.07, 6.45) is 16.3. The van der Waals surface area contributed by atoms with E-state index in [1.165, 1.54) is 122 Å². The number of rotatable bonds is 22. The van der Waals surface area contributed by atoms with Crippen LogP contribution in [0, 0.1) is 0 Å². The Bertz CT molecular complexity index is 2320. The Morgan fingerprint density at radius 2 is 0.559 bits per heavy atom. The second-order valence-corrected chi connectivity index (χ2v) is 20.6. The van der Waals surface area contributed by atoms with Crippen LogP contribution in [0.5, 0.6) is 0 Å². The summed E-state index contributed by atoms with van der Waals surface area (Å²) in [7, 11) is 18.8. The molecule has 0 amide bonds. The van der Waals surface area contributed by atoms with Crippen LogP contribution in [0.15, 0.2) is 97.1 Å². The summed E-state index contributed by atoms with van der Waals surface area (Å²) in [5.74, 6) is 5.20. The average molecular weight is 1090 g/mol. The maximum atomic E-state index is 5.20.